The molecule has 0 aliphatic carbocycles. The number of aryl methyl sites for hydroxylation is 1. The minimum Gasteiger partial charge on any atom is -0.454 e. The highest BCUT2D eigenvalue weighted by atomic mass is 16.6. The van der Waals surface area contributed by atoms with E-state index in [0.29, 0.717) is 12.2 Å². The number of hydrogen-bond acceptors (Lipinski definition) is 6. The number of carbonyl (C=O) groups excluding carboxylic acids is 2. The van der Waals surface area contributed by atoms with E-state index in [1.807, 2.05) is 25.3 Å². The Labute approximate surface area is 156 Å². The standard InChI is InChI=1S/C19H22N2O6/c1-12-9-16(14(3)20(12)13(2)10-26-4)18(22)11-27-19(23)15-7-5-6-8-17(15)21(24)25/h5-9,13H,10-11H2,1-4H3/t13-/m0/s1. The monoisotopic (exact) mass is 374 g/mol. The van der Waals surface area contributed by atoms with Crippen LogP contribution in [0.5, 0.6) is 0 Å². The zero-order chi connectivity index (χ0) is 20.1. The van der Waals surface area contributed by atoms with Crippen molar-refractivity contribution in [3.05, 3.63) is 63.0 Å². The van der Waals surface area contributed by atoms with Gasteiger partial charge >= 0.3 is 5.97 Å². The number of esters is 1. The maximum absolute atomic E-state index is 12.5. The minimum absolute atomic E-state index is 0.0473. The number of nitro benzene ring substituents is 1. The third kappa shape index (κ3) is 4.40. The van der Waals surface area contributed by atoms with E-state index in [9.17, 15) is 19.7 Å². The largest absolute Gasteiger partial charge is 0.454 e. The number of carbonyl (C=O) groups is 2. The molecule has 2 aromatic rings. The van der Waals surface area contributed by atoms with Crippen LogP contribution in [0.15, 0.2) is 30.3 Å². The first-order chi connectivity index (χ1) is 12.8. The number of para-hydroxylation sites is 1. The first-order valence-corrected chi connectivity index (χ1v) is 8.39. The normalized spacial score (nSPS) is 11.9. The van der Waals surface area contributed by atoms with Crippen LogP contribution >= 0.6 is 0 Å². The molecule has 0 saturated heterocycles. The molecule has 0 bridgehead atoms. The van der Waals surface area contributed by atoms with E-state index in [-0.39, 0.29) is 23.1 Å². The van der Waals surface area contributed by atoms with Crippen molar-refractivity contribution in [3.63, 3.8) is 0 Å². The number of nitrogens with zero attached hydrogens (tertiary/aromatic N) is 2. The molecule has 0 unspecified atom stereocenters. The van der Waals surface area contributed by atoms with E-state index < -0.39 is 17.5 Å². The molecule has 0 N–H and O–H groups in total. The second-order valence-electron chi connectivity index (χ2n) is 6.23. The Hall–Kier alpha value is -3.00. The van der Waals surface area contributed by atoms with E-state index in [4.69, 9.17) is 9.47 Å². The molecule has 0 spiro atoms. The summed E-state index contributed by atoms with van der Waals surface area (Å²) in [7, 11) is 1.61. The molecular formula is C19H22N2O6. The van der Waals surface area contributed by atoms with Gasteiger partial charge in [-0.3, -0.25) is 14.9 Å². The summed E-state index contributed by atoms with van der Waals surface area (Å²) in [5.74, 6) is -1.27. The summed E-state index contributed by atoms with van der Waals surface area (Å²) < 4.78 is 12.2. The van der Waals surface area contributed by atoms with Gasteiger partial charge in [0.05, 0.1) is 17.6 Å². The van der Waals surface area contributed by atoms with Crippen LogP contribution in [0.4, 0.5) is 5.69 Å². The molecular weight excluding hydrogens is 352 g/mol. The molecule has 0 aliphatic rings. The predicted octanol–water partition coefficient (Wildman–Crippen LogP) is 3.26. The topological polar surface area (TPSA) is 101 Å². The summed E-state index contributed by atoms with van der Waals surface area (Å²) in [5.41, 5.74) is 1.55. The number of methoxy groups -OCH3 is 1. The van der Waals surface area contributed by atoms with Gasteiger partial charge in [-0.05, 0) is 32.9 Å². The maximum atomic E-state index is 12.5. The molecule has 0 radical (unpaired) electrons. The lowest BCUT2D eigenvalue weighted by atomic mass is 10.1. The van der Waals surface area contributed by atoms with Crippen LogP contribution in [0.2, 0.25) is 0 Å². The minimum atomic E-state index is -0.905. The van der Waals surface area contributed by atoms with Crippen molar-refractivity contribution in [2.75, 3.05) is 20.3 Å². The summed E-state index contributed by atoms with van der Waals surface area (Å²) in [4.78, 5) is 35.0. The second kappa shape index (κ2) is 8.59. The third-order valence-corrected chi connectivity index (χ3v) is 4.29. The van der Waals surface area contributed by atoms with E-state index in [1.165, 1.54) is 24.3 Å². The number of ether oxygens (including phenoxy) is 2. The third-order valence-electron chi connectivity index (χ3n) is 4.29. The molecule has 1 atom stereocenters. The van der Waals surface area contributed by atoms with Crippen molar-refractivity contribution in [2.24, 2.45) is 0 Å². The zero-order valence-corrected chi connectivity index (χ0v) is 15.7. The first-order valence-electron chi connectivity index (χ1n) is 8.39. The first kappa shape index (κ1) is 20.3. The molecule has 1 aromatic heterocycles. The lowest BCUT2D eigenvalue weighted by molar-refractivity contribution is -0.385. The van der Waals surface area contributed by atoms with E-state index in [1.54, 1.807) is 13.2 Å². The van der Waals surface area contributed by atoms with Gasteiger partial charge in [0.2, 0.25) is 5.78 Å². The predicted molar refractivity (Wildman–Crippen MR) is 98.2 cm³/mol. The summed E-state index contributed by atoms with van der Waals surface area (Å²) in [6.07, 6.45) is 0. The van der Waals surface area contributed by atoms with Crippen molar-refractivity contribution in [2.45, 2.75) is 26.8 Å². The van der Waals surface area contributed by atoms with Gasteiger partial charge in [-0.1, -0.05) is 12.1 Å². The molecule has 1 aromatic carbocycles. The molecule has 0 saturated carbocycles. The van der Waals surface area contributed by atoms with Gasteiger partial charge in [-0.15, -0.1) is 0 Å². The summed E-state index contributed by atoms with van der Waals surface area (Å²) in [6.45, 7) is 5.68. The van der Waals surface area contributed by atoms with Gasteiger partial charge in [-0.2, -0.15) is 0 Å². The maximum Gasteiger partial charge on any atom is 0.345 e. The van der Waals surface area contributed by atoms with Crippen LogP contribution in [-0.4, -0.2) is 41.6 Å². The Kier molecular flexibility index (Phi) is 6.46. The number of ketones is 1. The number of nitro groups is 1. The van der Waals surface area contributed by atoms with E-state index >= 15 is 0 Å². The van der Waals surface area contributed by atoms with Gasteiger partial charge in [0.1, 0.15) is 5.56 Å². The summed E-state index contributed by atoms with van der Waals surface area (Å²) >= 11 is 0. The molecule has 0 fully saturated rings. The van der Waals surface area contributed by atoms with Gasteiger partial charge in [0.15, 0.2) is 6.61 Å². The van der Waals surface area contributed by atoms with Crippen molar-refractivity contribution in [3.8, 4) is 0 Å². The molecule has 8 heteroatoms. The number of benzene rings is 1. The summed E-state index contributed by atoms with van der Waals surface area (Å²) in [6, 6.07) is 7.24. The Bertz CT molecular complexity index is 871. The van der Waals surface area contributed by atoms with Gasteiger partial charge in [0.25, 0.3) is 5.69 Å². The fourth-order valence-corrected chi connectivity index (χ4v) is 3.15. The van der Waals surface area contributed by atoms with Crippen molar-refractivity contribution in [1.82, 2.24) is 4.57 Å². The fourth-order valence-electron chi connectivity index (χ4n) is 3.15. The molecule has 2 rings (SSSR count). The number of aromatic nitrogens is 1. The second-order valence-corrected chi connectivity index (χ2v) is 6.23. The van der Waals surface area contributed by atoms with E-state index in [0.717, 1.165) is 11.4 Å². The molecule has 144 valence electrons. The van der Waals surface area contributed by atoms with E-state index in [2.05, 4.69) is 0 Å². The Balaban J connectivity index is 2.14. The fraction of sp³-hybridized carbons (Fsp3) is 0.368. The highest BCUT2D eigenvalue weighted by molar-refractivity contribution is 6.01. The van der Waals surface area contributed by atoms with Crippen LogP contribution in [0.25, 0.3) is 0 Å². The summed E-state index contributed by atoms with van der Waals surface area (Å²) in [5, 5.41) is 11.0. The highest BCUT2D eigenvalue weighted by Crippen LogP contribution is 2.22. The Morgan fingerprint density at radius 2 is 1.89 bits per heavy atom. The van der Waals surface area contributed by atoms with Gasteiger partial charge in [0, 0.05) is 30.1 Å². The van der Waals surface area contributed by atoms with Crippen molar-refractivity contribution < 1.29 is 24.0 Å². The van der Waals surface area contributed by atoms with Crippen LogP contribution in [0, 0.1) is 24.0 Å². The Morgan fingerprint density at radius 1 is 1.22 bits per heavy atom. The number of hydrogen-bond donors (Lipinski definition) is 0. The van der Waals surface area contributed by atoms with Crippen molar-refractivity contribution >= 4 is 17.4 Å². The lowest BCUT2D eigenvalue weighted by Crippen LogP contribution is -2.17. The molecule has 27 heavy (non-hydrogen) atoms. The number of Topliss-reactive ketones (excluding diaryl/α,β-unsaturated/α-hetero) is 1. The Morgan fingerprint density at radius 3 is 2.52 bits per heavy atom. The van der Waals surface area contributed by atoms with Crippen LogP contribution in [-0.2, 0) is 9.47 Å². The quantitative estimate of drug-likeness (QED) is 0.304. The van der Waals surface area contributed by atoms with Crippen LogP contribution in [0.1, 0.15) is 45.1 Å². The van der Waals surface area contributed by atoms with Crippen molar-refractivity contribution in [1.29, 1.82) is 0 Å². The zero-order valence-electron chi connectivity index (χ0n) is 15.7. The average Bonchev–Trinajstić information content (AvgIpc) is 2.94. The van der Waals surface area contributed by atoms with Gasteiger partial charge < -0.3 is 14.0 Å². The number of rotatable bonds is 8. The molecule has 8 nitrogen and oxygen atoms in total. The highest BCUT2D eigenvalue weighted by Gasteiger charge is 2.23. The lowest BCUT2D eigenvalue weighted by Gasteiger charge is -2.17. The van der Waals surface area contributed by atoms with Gasteiger partial charge in [-0.25, -0.2) is 4.79 Å². The smallest absolute Gasteiger partial charge is 0.345 e. The molecule has 0 aliphatic heterocycles. The molecule has 0 amide bonds. The van der Waals surface area contributed by atoms with Crippen LogP contribution < -0.4 is 0 Å². The van der Waals surface area contributed by atoms with Crippen LogP contribution in [0.3, 0.4) is 0 Å². The average molecular weight is 374 g/mol. The SMILES string of the molecule is COC[C@H](C)n1c(C)cc(C(=O)COC(=O)c2ccccc2[N+](=O)[O-])c1C. The molecule has 1 heterocycles.